The molecule has 0 aliphatic rings. The monoisotopic (exact) mass is 404 g/mol. The summed E-state index contributed by atoms with van der Waals surface area (Å²) in [7, 11) is 2.88. The van der Waals surface area contributed by atoms with Crippen LogP contribution < -0.4 is 15.0 Å². The second-order valence-electron chi connectivity index (χ2n) is 6.18. The molecule has 2 aromatic carbocycles. The van der Waals surface area contributed by atoms with Crippen LogP contribution in [0.25, 0.3) is 10.9 Å². The second kappa shape index (κ2) is 8.63. The van der Waals surface area contributed by atoms with Gasteiger partial charge in [-0.1, -0.05) is 23.4 Å². The van der Waals surface area contributed by atoms with Crippen LogP contribution in [-0.2, 0) is 17.9 Å². The number of likely N-dealkylation sites (N-methyl/N-ethyl adjacent to an activating group) is 1. The topological polar surface area (TPSA) is 86.5 Å². The Morgan fingerprint density at radius 3 is 2.69 bits per heavy atom. The number of benzene rings is 2. The van der Waals surface area contributed by atoms with Gasteiger partial charge in [0.15, 0.2) is 11.5 Å². The Morgan fingerprint density at radius 1 is 1.21 bits per heavy atom. The molecule has 0 unspecified atom stereocenters. The summed E-state index contributed by atoms with van der Waals surface area (Å²) < 4.78 is 35.3. The molecule has 10 heteroatoms. The average molecular weight is 404 g/mol. The average Bonchev–Trinajstić information content (AvgIpc) is 2.70. The van der Waals surface area contributed by atoms with Crippen LogP contribution in [-0.4, -0.2) is 46.6 Å². The summed E-state index contributed by atoms with van der Waals surface area (Å²) in [5.74, 6) is -0.345. The number of carbonyl (C=O) groups excluding carboxylic acids is 1. The largest absolute Gasteiger partial charge is 0.493 e. The first-order chi connectivity index (χ1) is 13.9. The molecule has 3 aromatic rings. The minimum atomic E-state index is -2.97. The third-order valence-electron chi connectivity index (χ3n) is 4.20. The van der Waals surface area contributed by atoms with Crippen molar-refractivity contribution in [1.82, 2.24) is 19.9 Å². The van der Waals surface area contributed by atoms with E-state index in [1.165, 1.54) is 24.1 Å². The molecule has 0 radical (unpaired) electrons. The molecule has 0 bridgehead atoms. The molecule has 0 spiro atoms. The molecule has 3 rings (SSSR count). The van der Waals surface area contributed by atoms with Crippen LogP contribution in [0.15, 0.2) is 47.3 Å². The maximum absolute atomic E-state index is 12.5. The number of ether oxygens (including phenoxy) is 2. The van der Waals surface area contributed by atoms with Crippen molar-refractivity contribution in [1.29, 1.82) is 0 Å². The van der Waals surface area contributed by atoms with Gasteiger partial charge in [-0.2, -0.15) is 8.78 Å². The number of fused-ring (bicyclic) bond motifs is 1. The van der Waals surface area contributed by atoms with E-state index in [1.807, 2.05) is 0 Å². The molecule has 29 heavy (non-hydrogen) atoms. The van der Waals surface area contributed by atoms with E-state index in [9.17, 15) is 18.4 Å². The summed E-state index contributed by atoms with van der Waals surface area (Å²) in [6.07, 6.45) is 0. The Bertz CT molecular complexity index is 1090. The van der Waals surface area contributed by atoms with Gasteiger partial charge in [0, 0.05) is 13.6 Å². The van der Waals surface area contributed by atoms with Gasteiger partial charge in [-0.25, -0.2) is 4.68 Å². The Kier molecular flexibility index (Phi) is 6.01. The number of hydrogen-bond donors (Lipinski definition) is 0. The lowest BCUT2D eigenvalue weighted by molar-refractivity contribution is -0.131. The number of methoxy groups -OCH3 is 1. The summed E-state index contributed by atoms with van der Waals surface area (Å²) in [5, 5.41) is 8.12. The first kappa shape index (κ1) is 20.2. The summed E-state index contributed by atoms with van der Waals surface area (Å²) in [5.41, 5.74) is 0.677. The minimum Gasteiger partial charge on any atom is -0.493 e. The van der Waals surface area contributed by atoms with Crippen molar-refractivity contribution in [3.63, 3.8) is 0 Å². The van der Waals surface area contributed by atoms with Crippen molar-refractivity contribution in [2.24, 2.45) is 0 Å². The first-order valence-corrected chi connectivity index (χ1v) is 8.57. The van der Waals surface area contributed by atoms with E-state index in [0.717, 1.165) is 4.68 Å². The Morgan fingerprint density at radius 2 is 1.97 bits per heavy atom. The fourth-order valence-corrected chi connectivity index (χ4v) is 2.74. The molecule has 0 saturated heterocycles. The molecule has 0 saturated carbocycles. The van der Waals surface area contributed by atoms with Crippen LogP contribution in [0.1, 0.15) is 5.56 Å². The van der Waals surface area contributed by atoms with Crippen molar-refractivity contribution >= 4 is 16.8 Å². The normalized spacial score (nSPS) is 10.9. The van der Waals surface area contributed by atoms with Gasteiger partial charge in [0.1, 0.15) is 12.1 Å². The van der Waals surface area contributed by atoms with E-state index < -0.39 is 12.2 Å². The third kappa shape index (κ3) is 4.65. The predicted octanol–water partition coefficient (Wildman–Crippen LogP) is 2.06. The minimum absolute atomic E-state index is 0.0989. The Hall–Kier alpha value is -3.56. The number of rotatable bonds is 7. The molecule has 0 fully saturated rings. The highest BCUT2D eigenvalue weighted by Gasteiger charge is 2.16. The standard InChI is InChI=1S/C19H18F2N4O4/c1-24(10-12-7-8-15(29-19(20)21)16(9-12)28-2)17(26)11-25-18(27)13-5-3-4-6-14(13)22-23-25/h3-9,19H,10-11H2,1-2H3. The van der Waals surface area contributed by atoms with Crippen LogP contribution >= 0.6 is 0 Å². The van der Waals surface area contributed by atoms with E-state index in [1.54, 1.807) is 37.4 Å². The molecule has 0 aliphatic carbocycles. The molecule has 152 valence electrons. The van der Waals surface area contributed by atoms with E-state index in [4.69, 9.17) is 4.74 Å². The summed E-state index contributed by atoms with van der Waals surface area (Å²) >= 11 is 0. The highest BCUT2D eigenvalue weighted by atomic mass is 19.3. The van der Waals surface area contributed by atoms with Crippen molar-refractivity contribution in [3.05, 3.63) is 58.4 Å². The molecule has 0 aliphatic heterocycles. The maximum atomic E-state index is 12.5. The Labute approximate surface area is 164 Å². The number of alkyl halides is 2. The number of amides is 1. The van der Waals surface area contributed by atoms with Gasteiger partial charge in [0.2, 0.25) is 5.91 Å². The lowest BCUT2D eigenvalue weighted by atomic mass is 10.2. The van der Waals surface area contributed by atoms with Crippen LogP contribution in [0.2, 0.25) is 0 Å². The maximum Gasteiger partial charge on any atom is 0.387 e. The fourth-order valence-electron chi connectivity index (χ4n) is 2.74. The van der Waals surface area contributed by atoms with Gasteiger partial charge in [-0.05, 0) is 29.8 Å². The quantitative estimate of drug-likeness (QED) is 0.599. The number of hydrogen-bond acceptors (Lipinski definition) is 6. The first-order valence-electron chi connectivity index (χ1n) is 8.57. The molecule has 0 N–H and O–H groups in total. The molecule has 8 nitrogen and oxygen atoms in total. The van der Waals surface area contributed by atoms with Crippen molar-refractivity contribution in [2.45, 2.75) is 19.7 Å². The van der Waals surface area contributed by atoms with Gasteiger partial charge in [0.05, 0.1) is 12.5 Å². The summed E-state index contributed by atoms with van der Waals surface area (Å²) in [6, 6.07) is 11.1. The lowest BCUT2D eigenvalue weighted by Gasteiger charge is -2.18. The molecular weight excluding hydrogens is 386 g/mol. The number of aromatic nitrogens is 3. The van der Waals surface area contributed by atoms with Crippen LogP contribution in [0, 0.1) is 0 Å². The van der Waals surface area contributed by atoms with Crippen LogP contribution in [0.4, 0.5) is 8.78 Å². The molecule has 1 aromatic heterocycles. The Balaban J connectivity index is 1.73. The molecule has 0 atom stereocenters. The predicted molar refractivity (Wildman–Crippen MR) is 99.9 cm³/mol. The third-order valence-corrected chi connectivity index (χ3v) is 4.20. The summed E-state index contributed by atoms with van der Waals surface area (Å²) in [4.78, 5) is 26.3. The smallest absolute Gasteiger partial charge is 0.387 e. The van der Waals surface area contributed by atoms with Gasteiger partial charge in [-0.3, -0.25) is 9.59 Å². The van der Waals surface area contributed by atoms with Gasteiger partial charge < -0.3 is 14.4 Å². The number of halogens is 2. The SMILES string of the molecule is COc1cc(CN(C)C(=O)Cn2nnc3ccccc3c2=O)ccc1OC(F)F. The fraction of sp³-hybridized carbons (Fsp3) is 0.263. The zero-order valence-electron chi connectivity index (χ0n) is 15.7. The van der Waals surface area contributed by atoms with E-state index >= 15 is 0 Å². The van der Waals surface area contributed by atoms with Gasteiger partial charge in [0.25, 0.3) is 5.56 Å². The lowest BCUT2D eigenvalue weighted by Crippen LogP contribution is -2.35. The van der Waals surface area contributed by atoms with E-state index in [2.05, 4.69) is 15.0 Å². The van der Waals surface area contributed by atoms with Gasteiger partial charge >= 0.3 is 6.61 Å². The van der Waals surface area contributed by atoms with Gasteiger partial charge in [-0.15, -0.1) is 5.10 Å². The van der Waals surface area contributed by atoms with E-state index in [-0.39, 0.29) is 30.5 Å². The highest BCUT2D eigenvalue weighted by molar-refractivity contribution is 5.78. The molecule has 1 heterocycles. The van der Waals surface area contributed by atoms with E-state index in [0.29, 0.717) is 16.5 Å². The molecular formula is C19H18F2N4O4. The van der Waals surface area contributed by atoms with Crippen LogP contribution in [0.3, 0.4) is 0 Å². The van der Waals surface area contributed by atoms with Crippen molar-refractivity contribution in [3.8, 4) is 11.5 Å². The highest BCUT2D eigenvalue weighted by Crippen LogP contribution is 2.29. The zero-order valence-corrected chi connectivity index (χ0v) is 15.7. The number of nitrogens with zero attached hydrogens (tertiary/aromatic N) is 4. The zero-order chi connectivity index (χ0) is 21.0. The summed E-state index contributed by atoms with van der Waals surface area (Å²) in [6.45, 7) is -3.09. The van der Waals surface area contributed by atoms with Crippen LogP contribution in [0.5, 0.6) is 11.5 Å². The molecule has 1 amide bonds. The van der Waals surface area contributed by atoms with Crippen molar-refractivity contribution in [2.75, 3.05) is 14.2 Å². The van der Waals surface area contributed by atoms with Crippen molar-refractivity contribution < 1.29 is 23.0 Å². The second-order valence-corrected chi connectivity index (χ2v) is 6.18. The number of carbonyl (C=O) groups is 1.